The van der Waals surface area contributed by atoms with Crippen LogP contribution >= 0.6 is 0 Å². The van der Waals surface area contributed by atoms with Crippen molar-refractivity contribution in [2.24, 2.45) is 0 Å². The minimum absolute atomic E-state index is 0.333. The van der Waals surface area contributed by atoms with Gasteiger partial charge < -0.3 is 24.8 Å². The van der Waals surface area contributed by atoms with E-state index in [1.807, 2.05) is 12.1 Å². The van der Waals surface area contributed by atoms with Crippen LogP contribution in [0.3, 0.4) is 0 Å². The van der Waals surface area contributed by atoms with Crippen molar-refractivity contribution in [3.63, 3.8) is 0 Å². The summed E-state index contributed by atoms with van der Waals surface area (Å²) in [7, 11) is 3.28. The average Bonchev–Trinajstić information content (AvgIpc) is 2.54. The predicted molar refractivity (Wildman–Crippen MR) is 83.3 cm³/mol. The van der Waals surface area contributed by atoms with Crippen molar-refractivity contribution >= 4 is 11.4 Å². The lowest BCUT2D eigenvalue weighted by Crippen LogP contribution is -2.53. The van der Waals surface area contributed by atoms with E-state index in [1.165, 1.54) is 19.3 Å². The van der Waals surface area contributed by atoms with Crippen molar-refractivity contribution in [3.8, 4) is 11.5 Å². The highest BCUT2D eigenvalue weighted by atomic mass is 16.5. The fourth-order valence-electron chi connectivity index (χ4n) is 3.53. The van der Waals surface area contributed by atoms with Gasteiger partial charge in [-0.2, -0.15) is 0 Å². The molecule has 116 valence electrons. The highest BCUT2D eigenvalue weighted by Gasteiger charge is 2.35. The molecule has 2 aliphatic rings. The molecule has 21 heavy (non-hydrogen) atoms. The third kappa shape index (κ3) is 2.62. The van der Waals surface area contributed by atoms with Gasteiger partial charge in [0.1, 0.15) is 0 Å². The number of hydrogen-bond acceptors (Lipinski definition) is 5. The molecule has 0 aromatic heterocycles. The van der Waals surface area contributed by atoms with E-state index in [0.29, 0.717) is 17.9 Å². The summed E-state index contributed by atoms with van der Waals surface area (Å²) in [6.45, 7) is 1.63. The van der Waals surface area contributed by atoms with Crippen molar-refractivity contribution < 1.29 is 14.2 Å². The zero-order chi connectivity index (χ0) is 14.8. The number of nitrogen functional groups attached to an aromatic ring is 1. The molecular formula is C16H24N2O3. The summed E-state index contributed by atoms with van der Waals surface area (Å²) in [5.74, 6) is 1.40. The molecule has 2 N–H and O–H groups in total. The van der Waals surface area contributed by atoms with Crippen LogP contribution in [0.25, 0.3) is 0 Å². The van der Waals surface area contributed by atoms with Gasteiger partial charge >= 0.3 is 0 Å². The number of hydrogen-bond donors (Lipinski definition) is 1. The number of morpholine rings is 1. The summed E-state index contributed by atoms with van der Waals surface area (Å²) in [6.07, 6.45) is 5.16. The van der Waals surface area contributed by atoms with Crippen molar-refractivity contribution in [2.45, 2.75) is 37.8 Å². The van der Waals surface area contributed by atoms with E-state index in [9.17, 15) is 0 Å². The molecule has 3 rings (SSSR count). The molecule has 1 aromatic carbocycles. The fourth-order valence-corrected chi connectivity index (χ4v) is 3.53. The van der Waals surface area contributed by atoms with Gasteiger partial charge in [-0.3, -0.25) is 0 Å². The largest absolute Gasteiger partial charge is 0.493 e. The zero-order valence-electron chi connectivity index (χ0n) is 12.8. The minimum atomic E-state index is 0.333. The lowest BCUT2D eigenvalue weighted by molar-refractivity contribution is -0.00863. The highest BCUT2D eigenvalue weighted by Crippen LogP contribution is 2.40. The van der Waals surface area contributed by atoms with Crippen molar-refractivity contribution in [2.75, 3.05) is 38.0 Å². The first-order valence-corrected chi connectivity index (χ1v) is 7.64. The molecule has 0 radical (unpaired) electrons. The number of rotatable bonds is 3. The van der Waals surface area contributed by atoms with Crippen LogP contribution in [-0.4, -0.2) is 39.5 Å². The first-order valence-electron chi connectivity index (χ1n) is 7.64. The van der Waals surface area contributed by atoms with Crippen LogP contribution in [0.4, 0.5) is 11.4 Å². The molecule has 1 saturated carbocycles. The number of anilines is 2. The number of methoxy groups -OCH3 is 2. The van der Waals surface area contributed by atoms with Crippen molar-refractivity contribution in [3.05, 3.63) is 12.1 Å². The molecule has 2 atom stereocenters. The lowest BCUT2D eigenvalue weighted by atomic mass is 9.89. The van der Waals surface area contributed by atoms with Crippen LogP contribution < -0.4 is 20.1 Å². The number of benzene rings is 1. The summed E-state index contributed by atoms with van der Waals surface area (Å²) in [4.78, 5) is 2.39. The maximum atomic E-state index is 6.26. The first kappa shape index (κ1) is 14.3. The maximum Gasteiger partial charge on any atom is 0.162 e. The van der Waals surface area contributed by atoms with Gasteiger partial charge in [0, 0.05) is 18.7 Å². The Balaban J connectivity index is 1.94. The summed E-state index contributed by atoms with van der Waals surface area (Å²) in [5.41, 5.74) is 8.03. The van der Waals surface area contributed by atoms with Crippen LogP contribution in [0.1, 0.15) is 25.7 Å². The van der Waals surface area contributed by atoms with E-state index in [1.54, 1.807) is 14.2 Å². The summed E-state index contributed by atoms with van der Waals surface area (Å²) in [6, 6.07) is 4.26. The van der Waals surface area contributed by atoms with Gasteiger partial charge in [-0.1, -0.05) is 12.8 Å². The average molecular weight is 292 g/mol. The molecular weight excluding hydrogens is 268 g/mol. The zero-order valence-corrected chi connectivity index (χ0v) is 12.8. The van der Waals surface area contributed by atoms with E-state index in [4.69, 9.17) is 19.9 Å². The molecule has 0 amide bonds. The van der Waals surface area contributed by atoms with E-state index in [2.05, 4.69) is 4.90 Å². The van der Waals surface area contributed by atoms with Gasteiger partial charge in [-0.25, -0.2) is 0 Å². The second-order valence-corrected chi connectivity index (χ2v) is 5.72. The molecule has 1 saturated heterocycles. The quantitative estimate of drug-likeness (QED) is 0.867. The molecule has 0 spiro atoms. The SMILES string of the molecule is COc1cc(N)c(N2CCOC3CCCCC32)cc1OC. The maximum absolute atomic E-state index is 6.26. The summed E-state index contributed by atoms with van der Waals surface area (Å²) >= 11 is 0. The Morgan fingerprint density at radius 3 is 2.62 bits per heavy atom. The van der Waals surface area contributed by atoms with E-state index < -0.39 is 0 Å². The minimum Gasteiger partial charge on any atom is -0.493 e. The molecule has 2 fully saturated rings. The number of fused-ring (bicyclic) bond motifs is 1. The monoisotopic (exact) mass is 292 g/mol. The fraction of sp³-hybridized carbons (Fsp3) is 0.625. The van der Waals surface area contributed by atoms with Gasteiger partial charge in [0.15, 0.2) is 11.5 Å². The topological polar surface area (TPSA) is 57.0 Å². The second kappa shape index (κ2) is 6.02. The Morgan fingerprint density at radius 1 is 1.14 bits per heavy atom. The Morgan fingerprint density at radius 2 is 1.86 bits per heavy atom. The van der Waals surface area contributed by atoms with Crippen LogP contribution in [0.2, 0.25) is 0 Å². The van der Waals surface area contributed by atoms with E-state index in [-0.39, 0.29) is 0 Å². The predicted octanol–water partition coefficient (Wildman–Crippen LogP) is 2.43. The Bertz CT molecular complexity index is 505. The van der Waals surface area contributed by atoms with Crippen molar-refractivity contribution in [1.82, 2.24) is 0 Å². The third-order valence-corrected chi connectivity index (χ3v) is 4.57. The van der Waals surface area contributed by atoms with Gasteiger partial charge in [-0.15, -0.1) is 0 Å². The number of nitrogens with zero attached hydrogens (tertiary/aromatic N) is 1. The smallest absolute Gasteiger partial charge is 0.162 e. The van der Waals surface area contributed by atoms with Crippen LogP contribution in [0, 0.1) is 0 Å². The number of nitrogens with two attached hydrogens (primary N) is 1. The summed E-state index contributed by atoms with van der Waals surface area (Å²) in [5, 5.41) is 0. The summed E-state index contributed by atoms with van der Waals surface area (Å²) < 4.78 is 16.7. The number of ether oxygens (including phenoxy) is 3. The Hall–Kier alpha value is -1.62. The van der Waals surface area contributed by atoms with Crippen LogP contribution in [0.5, 0.6) is 11.5 Å². The molecule has 5 nitrogen and oxygen atoms in total. The standard InChI is InChI=1S/C16H24N2O3/c1-19-15-9-11(17)13(10-16(15)20-2)18-7-8-21-14-6-4-3-5-12(14)18/h9-10,12,14H,3-8,17H2,1-2H3. The van der Waals surface area contributed by atoms with E-state index >= 15 is 0 Å². The molecule has 1 heterocycles. The molecule has 5 heteroatoms. The highest BCUT2D eigenvalue weighted by molar-refractivity contribution is 5.73. The van der Waals surface area contributed by atoms with Gasteiger partial charge in [0.2, 0.25) is 0 Å². The van der Waals surface area contributed by atoms with Gasteiger partial charge in [0.25, 0.3) is 0 Å². The van der Waals surface area contributed by atoms with Gasteiger partial charge in [-0.05, 0) is 12.8 Å². The van der Waals surface area contributed by atoms with Crippen LogP contribution in [-0.2, 0) is 4.74 Å². The van der Waals surface area contributed by atoms with E-state index in [0.717, 1.165) is 36.7 Å². The lowest BCUT2D eigenvalue weighted by Gasteiger charge is -2.45. The molecule has 1 aliphatic heterocycles. The molecule has 2 unspecified atom stereocenters. The van der Waals surface area contributed by atoms with Crippen LogP contribution in [0.15, 0.2) is 12.1 Å². The Labute approximate surface area is 126 Å². The Kier molecular flexibility index (Phi) is 4.10. The van der Waals surface area contributed by atoms with Gasteiger partial charge in [0.05, 0.1) is 44.3 Å². The first-order chi connectivity index (χ1) is 10.2. The third-order valence-electron chi connectivity index (χ3n) is 4.57. The second-order valence-electron chi connectivity index (χ2n) is 5.72. The van der Waals surface area contributed by atoms with Crippen molar-refractivity contribution in [1.29, 1.82) is 0 Å². The normalized spacial score (nSPS) is 25.3. The molecule has 1 aromatic rings. The molecule has 0 bridgehead atoms. The molecule has 1 aliphatic carbocycles.